The lowest BCUT2D eigenvalue weighted by atomic mass is 9.97. The molecule has 0 aromatic heterocycles. The van der Waals surface area contributed by atoms with E-state index in [9.17, 15) is 33.0 Å². The number of phenols is 2. The second-order valence-corrected chi connectivity index (χ2v) is 7.59. The van der Waals surface area contributed by atoms with Crippen LogP contribution in [0.25, 0.3) is 6.08 Å². The van der Waals surface area contributed by atoms with Gasteiger partial charge < -0.3 is 10.2 Å². The molecule has 0 saturated carbocycles. The number of carbonyl (C=O) groups is 2. The zero-order valence-electron chi connectivity index (χ0n) is 15.5. The molecular formula is C19H22F3NO4S. The minimum Gasteiger partial charge on any atom is -0.504 e. The Morgan fingerprint density at radius 2 is 1.82 bits per heavy atom. The lowest BCUT2D eigenvalue weighted by molar-refractivity contribution is -0.139. The molecule has 1 aromatic carbocycles. The number of phenolic OH excluding ortho intramolecular Hbond substituents is 2. The van der Waals surface area contributed by atoms with Crippen molar-refractivity contribution >= 4 is 29.0 Å². The molecule has 1 heterocycles. The van der Waals surface area contributed by atoms with E-state index in [2.05, 4.69) is 13.8 Å². The van der Waals surface area contributed by atoms with Gasteiger partial charge in [0.05, 0.1) is 4.91 Å². The number of rotatable bonds is 7. The van der Waals surface area contributed by atoms with E-state index in [0.29, 0.717) is 30.2 Å². The van der Waals surface area contributed by atoms with Crippen molar-refractivity contribution in [3.05, 3.63) is 28.2 Å². The van der Waals surface area contributed by atoms with Gasteiger partial charge in [0.2, 0.25) is 0 Å². The molecule has 9 heteroatoms. The smallest absolute Gasteiger partial charge is 0.420 e. The van der Waals surface area contributed by atoms with Crippen molar-refractivity contribution in [2.45, 2.75) is 45.7 Å². The van der Waals surface area contributed by atoms with Crippen LogP contribution < -0.4 is 0 Å². The highest BCUT2D eigenvalue weighted by Crippen LogP contribution is 2.42. The van der Waals surface area contributed by atoms with E-state index in [1.165, 1.54) is 0 Å². The van der Waals surface area contributed by atoms with Crippen LogP contribution in [0.4, 0.5) is 18.0 Å². The average molecular weight is 417 g/mol. The van der Waals surface area contributed by atoms with Crippen LogP contribution in [0.1, 0.15) is 50.7 Å². The minimum absolute atomic E-state index is 0.0225. The van der Waals surface area contributed by atoms with Crippen LogP contribution in [-0.2, 0) is 11.0 Å². The van der Waals surface area contributed by atoms with Crippen LogP contribution in [0.15, 0.2) is 17.0 Å². The maximum absolute atomic E-state index is 13.0. The van der Waals surface area contributed by atoms with Crippen molar-refractivity contribution < 1.29 is 33.0 Å². The maximum Gasteiger partial charge on any atom is 0.420 e. The molecule has 28 heavy (non-hydrogen) atoms. The first-order chi connectivity index (χ1) is 13.1. The van der Waals surface area contributed by atoms with Gasteiger partial charge in [0, 0.05) is 6.54 Å². The molecule has 2 amide bonds. The van der Waals surface area contributed by atoms with Crippen molar-refractivity contribution in [3.8, 4) is 11.5 Å². The van der Waals surface area contributed by atoms with E-state index < -0.39 is 34.4 Å². The predicted octanol–water partition coefficient (Wildman–Crippen LogP) is 5.37. The van der Waals surface area contributed by atoms with Crippen molar-refractivity contribution in [1.82, 2.24) is 4.90 Å². The SMILES string of the molecule is CCC(CC)CCCN1C(=O)SC(=Cc2cc(O)c(O)c(C(F)(F)F)c2)C1=O. The molecule has 1 aliphatic rings. The molecule has 154 valence electrons. The summed E-state index contributed by atoms with van der Waals surface area (Å²) in [6, 6.07) is 1.53. The standard InChI is InChI=1S/C19H22F3NO4S/c1-3-11(4-2)6-5-7-23-17(26)15(28-18(23)27)10-12-8-13(19(20,21)22)16(25)14(24)9-12/h8-11,24-25H,3-7H2,1-2H3. The molecule has 0 bridgehead atoms. The Balaban J connectivity index is 2.18. The highest BCUT2D eigenvalue weighted by Gasteiger charge is 2.37. The second kappa shape index (κ2) is 8.89. The predicted molar refractivity (Wildman–Crippen MR) is 101 cm³/mol. The van der Waals surface area contributed by atoms with E-state index in [4.69, 9.17) is 0 Å². The Bertz CT molecular complexity index is 788. The van der Waals surface area contributed by atoms with Gasteiger partial charge in [-0.05, 0) is 54.3 Å². The quantitative estimate of drug-likeness (QED) is 0.461. The summed E-state index contributed by atoms with van der Waals surface area (Å²) in [5.74, 6) is -2.28. The molecule has 1 aliphatic heterocycles. The Labute approximate surface area is 165 Å². The molecule has 5 nitrogen and oxygen atoms in total. The summed E-state index contributed by atoms with van der Waals surface area (Å²) in [5, 5.41) is 18.5. The van der Waals surface area contributed by atoms with Crippen molar-refractivity contribution in [1.29, 1.82) is 0 Å². The lowest BCUT2D eigenvalue weighted by Crippen LogP contribution is -2.29. The van der Waals surface area contributed by atoms with Crippen LogP contribution in [0.3, 0.4) is 0 Å². The van der Waals surface area contributed by atoms with Gasteiger partial charge in [0.25, 0.3) is 11.1 Å². The molecule has 1 saturated heterocycles. The maximum atomic E-state index is 13.0. The first-order valence-electron chi connectivity index (χ1n) is 8.97. The number of hydrogen-bond donors (Lipinski definition) is 2. The van der Waals surface area contributed by atoms with Gasteiger partial charge in [-0.2, -0.15) is 13.2 Å². The number of carbonyl (C=O) groups excluding carboxylic acids is 2. The van der Waals surface area contributed by atoms with E-state index in [1.807, 2.05) is 0 Å². The Morgan fingerprint density at radius 1 is 1.18 bits per heavy atom. The summed E-state index contributed by atoms with van der Waals surface area (Å²) in [4.78, 5) is 25.6. The number of imide groups is 1. The fourth-order valence-corrected chi connectivity index (χ4v) is 3.88. The fraction of sp³-hybridized carbons (Fsp3) is 0.474. The summed E-state index contributed by atoms with van der Waals surface area (Å²) in [5.41, 5.74) is -1.55. The summed E-state index contributed by atoms with van der Waals surface area (Å²) >= 11 is 0.644. The normalized spacial score (nSPS) is 16.6. The molecular weight excluding hydrogens is 395 g/mol. The third-order valence-electron chi connectivity index (χ3n) is 4.74. The summed E-state index contributed by atoms with van der Waals surface area (Å²) in [6.07, 6.45) is -0.182. The van der Waals surface area contributed by atoms with Gasteiger partial charge in [0.1, 0.15) is 5.56 Å². The van der Waals surface area contributed by atoms with Gasteiger partial charge in [0.15, 0.2) is 11.5 Å². The summed E-state index contributed by atoms with van der Waals surface area (Å²) in [6.45, 7) is 4.42. The summed E-state index contributed by atoms with van der Waals surface area (Å²) < 4.78 is 38.9. The number of halogens is 3. The molecule has 0 spiro atoms. The molecule has 2 rings (SSSR count). The number of nitrogens with zero attached hydrogens (tertiary/aromatic N) is 1. The third-order valence-corrected chi connectivity index (χ3v) is 5.65. The van der Waals surface area contributed by atoms with Crippen molar-refractivity contribution in [2.24, 2.45) is 5.92 Å². The number of hydrogen-bond acceptors (Lipinski definition) is 5. The topological polar surface area (TPSA) is 77.8 Å². The second-order valence-electron chi connectivity index (χ2n) is 6.59. The highest BCUT2D eigenvalue weighted by molar-refractivity contribution is 8.18. The van der Waals surface area contributed by atoms with Crippen LogP contribution in [-0.4, -0.2) is 32.8 Å². The lowest BCUT2D eigenvalue weighted by Gasteiger charge is -2.15. The van der Waals surface area contributed by atoms with Gasteiger partial charge >= 0.3 is 6.18 Å². The van der Waals surface area contributed by atoms with E-state index in [-0.39, 0.29) is 17.0 Å². The van der Waals surface area contributed by atoms with Crippen LogP contribution in [0, 0.1) is 5.92 Å². The average Bonchev–Trinajstić information content (AvgIpc) is 2.87. The van der Waals surface area contributed by atoms with Gasteiger partial charge in [-0.15, -0.1) is 0 Å². The summed E-state index contributed by atoms with van der Waals surface area (Å²) in [7, 11) is 0. The highest BCUT2D eigenvalue weighted by atomic mass is 32.2. The van der Waals surface area contributed by atoms with Gasteiger partial charge in [-0.3, -0.25) is 14.5 Å². The Morgan fingerprint density at radius 3 is 2.39 bits per heavy atom. The molecule has 1 aromatic rings. The third kappa shape index (κ3) is 5.01. The van der Waals surface area contributed by atoms with Crippen molar-refractivity contribution in [2.75, 3.05) is 6.54 Å². The molecule has 0 radical (unpaired) electrons. The molecule has 0 aliphatic carbocycles. The van der Waals surface area contributed by atoms with Gasteiger partial charge in [-0.25, -0.2) is 0 Å². The van der Waals surface area contributed by atoms with Crippen LogP contribution >= 0.6 is 11.8 Å². The first kappa shape index (κ1) is 22.1. The number of alkyl halides is 3. The van der Waals surface area contributed by atoms with Crippen molar-refractivity contribution in [3.63, 3.8) is 0 Å². The van der Waals surface area contributed by atoms with E-state index >= 15 is 0 Å². The molecule has 2 N–H and O–H groups in total. The molecule has 0 unspecified atom stereocenters. The van der Waals surface area contributed by atoms with Crippen LogP contribution in [0.5, 0.6) is 11.5 Å². The molecule has 0 atom stereocenters. The minimum atomic E-state index is -4.88. The zero-order valence-corrected chi connectivity index (χ0v) is 16.4. The fourth-order valence-electron chi connectivity index (χ4n) is 3.02. The number of benzene rings is 1. The van der Waals surface area contributed by atoms with Gasteiger partial charge in [-0.1, -0.05) is 26.7 Å². The Kier molecular flexibility index (Phi) is 7.03. The zero-order chi connectivity index (χ0) is 21.1. The largest absolute Gasteiger partial charge is 0.504 e. The number of thioether (sulfide) groups is 1. The van der Waals surface area contributed by atoms with E-state index in [0.717, 1.165) is 36.3 Å². The number of amides is 2. The number of aromatic hydroxyl groups is 2. The Hall–Kier alpha value is -2.16. The van der Waals surface area contributed by atoms with Crippen LogP contribution in [0.2, 0.25) is 0 Å². The van der Waals surface area contributed by atoms with E-state index in [1.54, 1.807) is 0 Å². The molecule has 1 fully saturated rings. The first-order valence-corrected chi connectivity index (χ1v) is 9.78. The monoisotopic (exact) mass is 417 g/mol.